The molecule has 0 saturated heterocycles. The van der Waals surface area contributed by atoms with Crippen molar-refractivity contribution in [3.05, 3.63) is 64.7 Å². The third-order valence-corrected chi connectivity index (χ3v) is 4.68. The predicted molar refractivity (Wildman–Crippen MR) is 85.9 cm³/mol. The van der Waals surface area contributed by atoms with Gasteiger partial charge in [-0.15, -0.1) is 0 Å². The Hall–Kier alpha value is -2.21. The number of Topliss-reactive ketones (excluding diaryl/α,β-unsaturated/α-hetero) is 1. The van der Waals surface area contributed by atoms with Crippen LogP contribution in [0.15, 0.2) is 36.5 Å². The van der Waals surface area contributed by atoms with E-state index in [0.717, 1.165) is 0 Å². The zero-order chi connectivity index (χ0) is 18.2. The first-order valence-electron chi connectivity index (χ1n) is 8.13. The monoisotopic (exact) mass is 349 g/mol. The van der Waals surface area contributed by atoms with Crippen molar-refractivity contribution >= 4 is 5.78 Å². The molecule has 3 nitrogen and oxygen atoms in total. The highest BCUT2D eigenvalue weighted by molar-refractivity contribution is 5.88. The van der Waals surface area contributed by atoms with Crippen LogP contribution in [0.4, 0.5) is 13.2 Å². The average molecular weight is 349 g/mol. The summed E-state index contributed by atoms with van der Waals surface area (Å²) in [6.07, 6.45) is 0.506. The van der Waals surface area contributed by atoms with E-state index in [4.69, 9.17) is 0 Å². The second kappa shape index (κ2) is 6.59. The second-order valence-electron chi connectivity index (χ2n) is 6.41. The lowest BCUT2D eigenvalue weighted by molar-refractivity contribution is -0.144. The number of hydrogen-bond acceptors (Lipinski definition) is 3. The summed E-state index contributed by atoms with van der Waals surface area (Å²) in [7, 11) is 0. The van der Waals surface area contributed by atoms with Crippen molar-refractivity contribution < 1.29 is 23.1 Å². The van der Waals surface area contributed by atoms with E-state index in [1.54, 1.807) is 18.2 Å². The van der Waals surface area contributed by atoms with E-state index in [1.807, 2.05) is 0 Å². The molecule has 1 unspecified atom stereocenters. The number of ketones is 1. The first-order valence-corrected chi connectivity index (χ1v) is 8.13. The van der Waals surface area contributed by atoms with Gasteiger partial charge in [0.1, 0.15) is 0 Å². The summed E-state index contributed by atoms with van der Waals surface area (Å²) in [5, 5.41) is 9.90. The number of halogens is 3. The van der Waals surface area contributed by atoms with Crippen molar-refractivity contribution in [3.8, 4) is 0 Å². The second-order valence-corrected chi connectivity index (χ2v) is 6.41. The Morgan fingerprint density at radius 3 is 2.80 bits per heavy atom. The van der Waals surface area contributed by atoms with Gasteiger partial charge in [0.25, 0.3) is 0 Å². The topological polar surface area (TPSA) is 50.2 Å². The van der Waals surface area contributed by atoms with Crippen LogP contribution in [-0.4, -0.2) is 15.9 Å². The average Bonchev–Trinajstić information content (AvgIpc) is 2.65. The molecule has 0 fully saturated rings. The number of carbonyl (C=O) groups excluding carboxylic acids is 1. The maximum Gasteiger partial charge on any atom is 0.331 e. The number of pyridine rings is 1. The molecule has 132 valence electrons. The van der Waals surface area contributed by atoms with Crippen molar-refractivity contribution in [3.63, 3.8) is 0 Å². The number of aliphatic hydroxyl groups excluding tert-OH is 1. The molecule has 1 aromatic carbocycles. The van der Waals surface area contributed by atoms with Gasteiger partial charge in [-0.3, -0.25) is 4.79 Å². The van der Waals surface area contributed by atoms with Gasteiger partial charge < -0.3 is 5.11 Å². The van der Waals surface area contributed by atoms with Gasteiger partial charge in [0, 0.05) is 18.2 Å². The van der Waals surface area contributed by atoms with Crippen LogP contribution in [0.1, 0.15) is 54.0 Å². The van der Waals surface area contributed by atoms with Crippen LogP contribution in [0.2, 0.25) is 0 Å². The molecule has 0 amide bonds. The Morgan fingerprint density at radius 1 is 1.36 bits per heavy atom. The minimum atomic E-state index is -3.64. The summed E-state index contributed by atoms with van der Waals surface area (Å²) in [6, 6.07) is 7.48. The molecule has 0 bridgehead atoms. The molecule has 25 heavy (non-hydrogen) atoms. The summed E-state index contributed by atoms with van der Waals surface area (Å²) in [5.41, 5.74) is 0.630. The maximum absolute atomic E-state index is 14.7. The first-order chi connectivity index (χ1) is 11.8. The lowest BCUT2D eigenvalue weighted by Gasteiger charge is -2.24. The molecular formula is C19H18F3NO2. The number of alkyl halides is 2. The molecule has 1 aliphatic carbocycles. The van der Waals surface area contributed by atoms with Crippen LogP contribution < -0.4 is 0 Å². The summed E-state index contributed by atoms with van der Waals surface area (Å²) >= 11 is 0. The van der Waals surface area contributed by atoms with Crippen molar-refractivity contribution in [2.45, 2.75) is 44.1 Å². The molecule has 0 saturated carbocycles. The number of carbonyl (C=O) groups is 1. The number of fused-ring (bicyclic) bond motifs is 1. The van der Waals surface area contributed by atoms with Crippen LogP contribution in [-0.2, 0) is 17.1 Å². The molecule has 0 aliphatic heterocycles. The van der Waals surface area contributed by atoms with Gasteiger partial charge >= 0.3 is 5.92 Å². The van der Waals surface area contributed by atoms with Gasteiger partial charge in [-0.1, -0.05) is 18.2 Å². The lowest BCUT2D eigenvalue weighted by atomic mass is 9.84. The third-order valence-electron chi connectivity index (χ3n) is 4.68. The number of benzene rings is 1. The largest absolute Gasteiger partial charge is 0.389 e. The van der Waals surface area contributed by atoms with E-state index in [2.05, 4.69) is 4.98 Å². The van der Waals surface area contributed by atoms with E-state index in [-0.39, 0.29) is 24.3 Å². The fraction of sp³-hybridized carbons (Fsp3) is 0.368. The summed E-state index contributed by atoms with van der Waals surface area (Å²) in [5.74, 6) is -5.79. The number of nitrogens with zero attached hydrogens (tertiary/aromatic N) is 1. The molecule has 0 radical (unpaired) electrons. The van der Waals surface area contributed by atoms with Crippen LogP contribution in [0, 0.1) is 5.95 Å². The molecule has 2 atom stereocenters. The molecule has 0 spiro atoms. The van der Waals surface area contributed by atoms with E-state index in [1.165, 1.54) is 25.3 Å². The van der Waals surface area contributed by atoms with Crippen LogP contribution in [0.5, 0.6) is 0 Å². The highest BCUT2D eigenvalue weighted by Crippen LogP contribution is 2.45. The van der Waals surface area contributed by atoms with Gasteiger partial charge in [-0.2, -0.15) is 13.2 Å². The highest BCUT2D eigenvalue weighted by atomic mass is 19.3. The van der Waals surface area contributed by atoms with E-state index in [0.29, 0.717) is 17.5 Å². The van der Waals surface area contributed by atoms with Crippen molar-refractivity contribution in [2.24, 2.45) is 0 Å². The standard InChI is InChI=1S/C19H18F3NO2/c1-11(24)14-3-2-4-15-13(9-12-7-8-23-17(20)10-12)5-6-16(25)19(21,22)18(14)15/h2-4,7-8,10-11,13,24H,5-6,9H2,1H3/t11-,13?/m0/s1. The number of hydrogen-bond donors (Lipinski definition) is 1. The number of rotatable bonds is 3. The van der Waals surface area contributed by atoms with Crippen molar-refractivity contribution in [1.82, 2.24) is 4.98 Å². The number of aromatic nitrogens is 1. The van der Waals surface area contributed by atoms with Gasteiger partial charge in [0.15, 0.2) is 0 Å². The van der Waals surface area contributed by atoms with Crippen molar-refractivity contribution in [2.75, 3.05) is 0 Å². The van der Waals surface area contributed by atoms with Crippen molar-refractivity contribution in [1.29, 1.82) is 0 Å². The zero-order valence-corrected chi connectivity index (χ0v) is 13.7. The molecule has 1 aromatic heterocycles. The summed E-state index contributed by atoms with van der Waals surface area (Å²) in [4.78, 5) is 15.5. The predicted octanol–water partition coefficient (Wildman–Crippen LogP) is 4.06. The number of aliphatic hydroxyl groups is 1. The third kappa shape index (κ3) is 3.31. The molecular weight excluding hydrogens is 331 g/mol. The zero-order valence-electron chi connectivity index (χ0n) is 13.7. The highest BCUT2D eigenvalue weighted by Gasteiger charge is 2.47. The fourth-order valence-electron chi connectivity index (χ4n) is 3.46. The summed E-state index contributed by atoms with van der Waals surface area (Å²) < 4.78 is 42.8. The first kappa shape index (κ1) is 17.6. The minimum Gasteiger partial charge on any atom is -0.389 e. The Morgan fingerprint density at radius 2 is 2.12 bits per heavy atom. The van der Waals surface area contributed by atoms with Crippen LogP contribution in [0.25, 0.3) is 0 Å². The molecule has 3 rings (SSSR count). The van der Waals surface area contributed by atoms with Gasteiger partial charge in [0.2, 0.25) is 11.7 Å². The normalized spacial score (nSPS) is 20.7. The Labute approximate surface area is 143 Å². The smallest absolute Gasteiger partial charge is 0.331 e. The fourth-order valence-corrected chi connectivity index (χ4v) is 3.46. The van der Waals surface area contributed by atoms with E-state index in [9.17, 15) is 23.1 Å². The Bertz CT molecular complexity index is 805. The molecule has 1 heterocycles. The van der Waals surface area contributed by atoms with Gasteiger partial charge in [-0.25, -0.2) is 4.98 Å². The summed E-state index contributed by atoms with van der Waals surface area (Å²) in [6.45, 7) is 1.40. The van der Waals surface area contributed by atoms with E-state index >= 15 is 0 Å². The van der Waals surface area contributed by atoms with Crippen LogP contribution in [0.3, 0.4) is 0 Å². The molecule has 1 N–H and O–H groups in total. The quantitative estimate of drug-likeness (QED) is 0.672. The van der Waals surface area contributed by atoms with Crippen LogP contribution >= 0.6 is 0 Å². The minimum absolute atomic E-state index is 0.0589. The Kier molecular flexibility index (Phi) is 4.64. The maximum atomic E-state index is 14.7. The van der Waals surface area contributed by atoms with E-state index < -0.39 is 29.3 Å². The van der Waals surface area contributed by atoms with Gasteiger partial charge in [0.05, 0.1) is 6.10 Å². The van der Waals surface area contributed by atoms with Gasteiger partial charge in [-0.05, 0) is 54.5 Å². The Balaban J connectivity index is 2.11. The SMILES string of the molecule is C[C@H](O)c1cccc2c1C(F)(F)C(=O)CCC2Cc1ccnc(F)c1. The lowest BCUT2D eigenvalue weighted by Crippen LogP contribution is -2.27. The molecule has 6 heteroatoms. The molecule has 1 aliphatic rings. The molecule has 2 aromatic rings.